The number of fused-ring (bicyclic) bond motifs is 1. The molecule has 0 spiro atoms. The number of para-hydroxylation sites is 1. The van der Waals surface area contributed by atoms with Gasteiger partial charge in [0, 0.05) is 23.0 Å². The van der Waals surface area contributed by atoms with Crippen LogP contribution in [-0.2, 0) is 16.0 Å². The summed E-state index contributed by atoms with van der Waals surface area (Å²) < 4.78 is 10.5. The Bertz CT molecular complexity index is 654. The number of carbonyl (C=O) groups excluding carboxylic acids is 1. The number of methoxy groups -OCH3 is 1. The third kappa shape index (κ3) is 4.08. The number of rotatable bonds is 5. The molecule has 0 aliphatic carbocycles. The lowest BCUT2D eigenvalue weighted by molar-refractivity contribution is -0.139. The first-order valence-electron chi connectivity index (χ1n) is 7.31. The van der Waals surface area contributed by atoms with Crippen LogP contribution in [0, 0.1) is 0 Å². The van der Waals surface area contributed by atoms with Crippen LogP contribution in [0.15, 0.2) is 28.7 Å². The molecular formula is C17H23NO4. The number of nitrogens with one attached hydrogen (secondary N) is 1. The number of hydrogen-bond acceptors (Lipinski definition) is 5. The molecule has 2 N–H and O–H groups in total. The van der Waals surface area contributed by atoms with E-state index in [1.165, 1.54) is 7.11 Å². The zero-order chi connectivity index (χ0) is 16.3. The predicted molar refractivity (Wildman–Crippen MR) is 84.6 cm³/mol. The second-order valence-corrected chi connectivity index (χ2v) is 6.38. The van der Waals surface area contributed by atoms with E-state index >= 15 is 0 Å². The average molecular weight is 305 g/mol. The first kappa shape index (κ1) is 16.5. The van der Waals surface area contributed by atoms with E-state index in [0.717, 1.165) is 10.9 Å². The Labute approximate surface area is 130 Å². The highest BCUT2D eigenvalue weighted by Gasteiger charge is 2.18. The molecule has 0 saturated heterocycles. The van der Waals surface area contributed by atoms with Crippen molar-refractivity contribution >= 4 is 16.9 Å². The summed E-state index contributed by atoms with van der Waals surface area (Å²) in [4.78, 5) is 11.5. The summed E-state index contributed by atoms with van der Waals surface area (Å²) in [6, 6.07) is 7.39. The zero-order valence-electron chi connectivity index (χ0n) is 13.5. The van der Waals surface area contributed by atoms with Gasteiger partial charge in [-0.05, 0) is 26.8 Å². The van der Waals surface area contributed by atoms with Crippen molar-refractivity contribution in [2.75, 3.05) is 13.7 Å². The number of aliphatic hydroxyl groups excluding tert-OH is 1. The van der Waals surface area contributed by atoms with Crippen molar-refractivity contribution in [2.45, 2.75) is 38.8 Å². The number of aliphatic hydroxyl groups is 1. The molecule has 22 heavy (non-hydrogen) atoms. The number of esters is 1. The van der Waals surface area contributed by atoms with Crippen molar-refractivity contribution in [3.8, 4) is 0 Å². The van der Waals surface area contributed by atoms with Crippen molar-refractivity contribution in [3.63, 3.8) is 0 Å². The second kappa shape index (κ2) is 6.50. The predicted octanol–water partition coefficient (Wildman–Crippen LogP) is 2.57. The van der Waals surface area contributed by atoms with Gasteiger partial charge in [0.1, 0.15) is 17.4 Å². The van der Waals surface area contributed by atoms with E-state index in [-0.39, 0.29) is 17.9 Å². The molecule has 0 aliphatic rings. The summed E-state index contributed by atoms with van der Waals surface area (Å²) in [5.74, 6) is 0.171. The van der Waals surface area contributed by atoms with Crippen LogP contribution in [0.2, 0.25) is 0 Å². The van der Waals surface area contributed by atoms with Gasteiger partial charge in [-0.3, -0.25) is 4.79 Å². The van der Waals surface area contributed by atoms with Gasteiger partial charge in [-0.15, -0.1) is 0 Å². The SMILES string of the molecule is COC(=O)Cc1cccc2cc(C(O)CNC(C)(C)C)oc12. The lowest BCUT2D eigenvalue weighted by Gasteiger charge is -2.22. The van der Waals surface area contributed by atoms with Gasteiger partial charge in [0.05, 0.1) is 13.5 Å². The van der Waals surface area contributed by atoms with Gasteiger partial charge >= 0.3 is 5.97 Å². The molecule has 0 saturated carbocycles. The highest BCUT2D eigenvalue weighted by Crippen LogP contribution is 2.27. The molecule has 0 fully saturated rings. The molecule has 120 valence electrons. The Morgan fingerprint density at radius 2 is 2.14 bits per heavy atom. The fourth-order valence-electron chi connectivity index (χ4n) is 2.18. The Morgan fingerprint density at radius 1 is 1.41 bits per heavy atom. The van der Waals surface area contributed by atoms with Crippen LogP contribution in [0.1, 0.15) is 38.2 Å². The van der Waals surface area contributed by atoms with Crippen molar-refractivity contribution in [3.05, 3.63) is 35.6 Å². The van der Waals surface area contributed by atoms with E-state index in [9.17, 15) is 9.90 Å². The number of β-amino-alcohol motifs (C(OH)–C–C–N with tert-alkyl or cyclic N) is 1. The van der Waals surface area contributed by atoms with Gasteiger partial charge in [-0.1, -0.05) is 18.2 Å². The average Bonchev–Trinajstić information content (AvgIpc) is 2.89. The molecule has 1 unspecified atom stereocenters. The summed E-state index contributed by atoms with van der Waals surface area (Å²) in [7, 11) is 1.36. The molecule has 2 rings (SSSR count). The number of carbonyl (C=O) groups is 1. The monoisotopic (exact) mass is 305 g/mol. The zero-order valence-corrected chi connectivity index (χ0v) is 13.5. The normalized spacial score (nSPS) is 13.3. The molecule has 0 bridgehead atoms. The van der Waals surface area contributed by atoms with Crippen molar-refractivity contribution in [1.82, 2.24) is 5.32 Å². The largest absolute Gasteiger partial charge is 0.469 e. The first-order chi connectivity index (χ1) is 10.3. The molecular weight excluding hydrogens is 282 g/mol. The van der Waals surface area contributed by atoms with Gasteiger partial charge in [0.2, 0.25) is 0 Å². The van der Waals surface area contributed by atoms with Crippen LogP contribution in [0.25, 0.3) is 11.0 Å². The standard InChI is InChI=1S/C17H23NO4/c1-17(2,3)18-10-13(19)14-8-11-6-5-7-12(16(11)22-14)9-15(20)21-4/h5-8,13,18-19H,9-10H2,1-4H3. The molecule has 1 aromatic carbocycles. The second-order valence-electron chi connectivity index (χ2n) is 6.38. The van der Waals surface area contributed by atoms with Crippen molar-refractivity contribution in [2.24, 2.45) is 0 Å². The molecule has 0 aliphatic heterocycles. The molecule has 1 aromatic heterocycles. The number of benzene rings is 1. The third-order valence-electron chi connectivity index (χ3n) is 3.36. The smallest absolute Gasteiger partial charge is 0.310 e. The molecule has 0 amide bonds. The van der Waals surface area contributed by atoms with E-state index in [0.29, 0.717) is 17.9 Å². The van der Waals surface area contributed by atoms with E-state index < -0.39 is 6.10 Å². The fraction of sp³-hybridized carbons (Fsp3) is 0.471. The van der Waals surface area contributed by atoms with Gasteiger partial charge in [-0.25, -0.2) is 0 Å². The van der Waals surface area contributed by atoms with Gasteiger partial charge < -0.3 is 19.6 Å². The third-order valence-corrected chi connectivity index (χ3v) is 3.36. The Morgan fingerprint density at radius 3 is 2.77 bits per heavy atom. The van der Waals surface area contributed by atoms with Crippen LogP contribution in [0.5, 0.6) is 0 Å². The van der Waals surface area contributed by atoms with Crippen molar-refractivity contribution < 1.29 is 19.1 Å². The Kier molecular flexibility index (Phi) is 4.88. The minimum Gasteiger partial charge on any atom is -0.469 e. The van der Waals surface area contributed by atoms with Crippen molar-refractivity contribution in [1.29, 1.82) is 0 Å². The summed E-state index contributed by atoms with van der Waals surface area (Å²) in [5, 5.41) is 14.4. The molecule has 1 heterocycles. The highest BCUT2D eigenvalue weighted by molar-refractivity contribution is 5.85. The first-order valence-corrected chi connectivity index (χ1v) is 7.31. The molecule has 0 radical (unpaired) electrons. The number of furan rings is 1. The van der Waals surface area contributed by atoms with Crippen LogP contribution in [-0.4, -0.2) is 30.3 Å². The van der Waals surface area contributed by atoms with Gasteiger partial charge in [0.25, 0.3) is 0 Å². The Balaban J connectivity index is 2.22. The van der Waals surface area contributed by atoms with E-state index in [1.807, 2.05) is 45.0 Å². The topological polar surface area (TPSA) is 71.7 Å². The Hall–Kier alpha value is -1.85. The quantitative estimate of drug-likeness (QED) is 0.831. The molecule has 5 heteroatoms. The van der Waals surface area contributed by atoms with E-state index in [1.54, 1.807) is 0 Å². The summed E-state index contributed by atoms with van der Waals surface area (Å²) in [6.07, 6.45) is -0.588. The molecule has 1 atom stereocenters. The number of hydrogen-bond donors (Lipinski definition) is 2. The minimum atomic E-state index is -0.738. The van der Waals surface area contributed by atoms with Crippen LogP contribution in [0.3, 0.4) is 0 Å². The van der Waals surface area contributed by atoms with Crippen LogP contribution < -0.4 is 5.32 Å². The van der Waals surface area contributed by atoms with Gasteiger partial charge in [0.15, 0.2) is 0 Å². The summed E-state index contributed by atoms with van der Waals surface area (Å²) in [5.41, 5.74) is 1.30. The molecule has 5 nitrogen and oxygen atoms in total. The maximum absolute atomic E-state index is 11.5. The lowest BCUT2D eigenvalue weighted by Crippen LogP contribution is -2.38. The van der Waals surface area contributed by atoms with E-state index in [4.69, 9.17) is 9.15 Å². The maximum atomic E-state index is 11.5. The fourth-order valence-corrected chi connectivity index (χ4v) is 2.18. The molecule has 2 aromatic rings. The van der Waals surface area contributed by atoms with E-state index in [2.05, 4.69) is 5.32 Å². The van der Waals surface area contributed by atoms with Crippen LogP contribution in [0.4, 0.5) is 0 Å². The highest BCUT2D eigenvalue weighted by atomic mass is 16.5. The summed E-state index contributed by atoms with van der Waals surface area (Å²) in [6.45, 7) is 6.50. The maximum Gasteiger partial charge on any atom is 0.310 e. The number of ether oxygens (including phenoxy) is 1. The minimum absolute atomic E-state index is 0.0803. The van der Waals surface area contributed by atoms with Crippen LogP contribution >= 0.6 is 0 Å². The van der Waals surface area contributed by atoms with Gasteiger partial charge in [-0.2, -0.15) is 0 Å². The lowest BCUT2D eigenvalue weighted by atomic mass is 10.1. The summed E-state index contributed by atoms with van der Waals surface area (Å²) >= 11 is 0.